The highest BCUT2D eigenvalue weighted by molar-refractivity contribution is 5.75. The second kappa shape index (κ2) is 57.6. The van der Waals surface area contributed by atoms with E-state index in [4.69, 9.17) is 10.2 Å². The smallest absolute Gasteiger partial charge is 0.150 e. The third-order valence-corrected chi connectivity index (χ3v) is 4.68. The zero-order valence-electron chi connectivity index (χ0n) is 32.8. The molecule has 0 heterocycles. The van der Waals surface area contributed by atoms with Crippen LogP contribution >= 0.6 is 0 Å². The van der Waals surface area contributed by atoms with Crippen LogP contribution in [-0.2, 0) is 0 Å². The Balaban J connectivity index is -0.000000118. The molecule has 0 fully saturated rings. The Hall–Kier alpha value is -5.63. The van der Waals surface area contributed by atoms with Crippen molar-refractivity contribution in [3.8, 4) is 0 Å². The van der Waals surface area contributed by atoms with Crippen LogP contribution in [0.25, 0.3) is 0 Å². The van der Waals surface area contributed by atoms with Crippen molar-refractivity contribution in [1.82, 2.24) is 0 Å². The molecule has 0 spiro atoms. The van der Waals surface area contributed by atoms with Gasteiger partial charge in [-0.1, -0.05) is 207 Å². The average molecular weight is 715 g/mol. The molecule has 0 aliphatic heterocycles. The monoisotopic (exact) mass is 714 g/mol. The Labute approximate surface area is 314 Å². The maximum Gasteiger partial charge on any atom is 0.150 e. The fourth-order valence-corrected chi connectivity index (χ4v) is 2.66. The second-order valence-electron chi connectivity index (χ2n) is 7.64. The van der Waals surface area contributed by atoms with Gasteiger partial charge in [0.25, 0.3) is 0 Å². The molecule has 0 saturated carbocycles. The predicted octanol–water partition coefficient (Wildman–Crippen LogP) is 10.8. The minimum Gasteiger partial charge on any atom is -0.400 e. The van der Waals surface area contributed by atoms with Crippen LogP contribution in [0.15, 0.2) is 152 Å². The van der Waals surface area contributed by atoms with Crippen LogP contribution in [0.2, 0.25) is 0 Å². The van der Waals surface area contributed by atoms with E-state index in [0.29, 0.717) is 0 Å². The third-order valence-electron chi connectivity index (χ3n) is 4.68. The maximum atomic E-state index is 10.0. The molecule has 0 atom stereocenters. The summed E-state index contributed by atoms with van der Waals surface area (Å²) in [5.74, 6) is 0. The van der Waals surface area contributed by atoms with E-state index in [1.807, 2.05) is 146 Å². The highest BCUT2D eigenvalue weighted by Crippen LogP contribution is 1.94. The fraction of sp³-hybridized carbons (Fsp3) is 0.222. The van der Waals surface area contributed by atoms with Crippen molar-refractivity contribution in [2.75, 3.05) is 14.2 Å². The Morgan fingerprint density at radius 3 is 0.404 bits per heavy atom. The van der Waals surface area contributed by atoms with Gasteiger partial charge < -0.3 is 10.2 Å². The molecular weight excluding hydrogens is 652 g/mol. The van der Waals surface area contributed by atoms with Crippen LogP contribution in [0.1, 0.15) is 107 Å². The first kappa shape index (κ1) is 58.6. The quantitative estimate of drug-likeness (QED) is 0.174. The van der Waals surface area contributed by atoms with Gasteiger partial charge in [-0.15, -0.1) is 0 Å². The average Bonchev–Trinajstić information content (AvgIpc) is 3.30. The summed E-state index contributed by atoms with van der Waals surface area (Å²) in [6, 6.07) is 45.5. The van der Waals surface area contributed by atoms with Gasteiger partial charge in [0.15, 0.2) is 0 Å². The van der Waals surface area contributed by atoms with Gasteiger partial charge in [0, 0.05) is 42.0 Å². The lowest BCUT2D eigenvalue weighted by atomic mass is 10.2. The van der Waals surface area contributed by atoms with E-state index >= 15 is 0 Å². The Morgan fingerprint density at radius 1 is 0.250 bits per heavy atom. The summed E-state index contributed by atoms with van der Waals surface area (Å²) in [7, 11) is 2.00. The molecule has 5 aromatic carbocycles. The Kier molecular flexibility index (Phi) is 64.9. The molecule has 2 N–H and O–H groups in total. The molecule has 0 radical (unpaired) electrons. The molecule has 5 aromatic rings. The molecule has 52 heavy (non-hydrogen) atoms. The molecular formula is C45H62O7. The minimum atomic E-state index is 0.729. The van der Waals surface area contributed by atoms with Gasteiger partial charge in [0.2, 0.25) is 0 Å². The van der Waals surface area contributed by atoms with E-state index < -0.39 is 0 Å². The maximum absolute atomic E-state index is 10.0. The highest BCUT2D eigenvalue weighted by Gasteiger charge is 1.82. The number of carbonyl (C=O) groups is 5. The van der Waals surface area contributed by atoms with E-state index in [0.717, 1.165) is 73.5 Å². The largest absolute Gasteiger partial charge is 0.400 e. The van der Waals surface area contributed by atoms with Crippen molar-refractivity contribution >= 4 is 31.4 Å². The molecule has 0 aromatic heterocycles. The molecule has 0 bridgehead atoms. The number of rotatable bonds is 5. The number of aldehydes is 5. The van der Waals surface area contributed by atoms with Gasteiger partial charge in [-0.3, -0.25) is 24.0 Å². The van der Waals surface area contributed by atoms with Gasteiger partial charge in [-0.25, -0.2) is 0 Å². The number of carbonyl (C=O) groups excluding carboxylic acids is 5. The molecule has 7 heteroatoms. The van der Waals surface area contributed by atoms with Crippen molar-refractivity contribution in [2.45, 2.75) is 55.4 Å². The van der Waals surface area contributed by atoms with E-state index in [1.165, 1.54) is 0 Å². The fourth-order valence-electron chi connectivity index (χ4n) is 2.66. The summed E-state index contributed by atoms with van der Waals surface area (Å²) >= 11 is 0. The topological polar surface area (TPSA) is 126 Å². The zero-order chi connectivity index (χ0) is 41.1. The van der Waals surface area contributed by atoms with Crippen molar-refractivity contribution in [2.24, 2.45) is 0 Å². The van der Waals surface area contributed by atoms with Crippen molar-refractivity contribution < 1.29 is 34.2 Å². The molecule has 0 aliphatic rings. The summed E-state index contributed by atoms with van der Waals surface area (Å²) < 4.78 is 0. The molecule has 0 amide bonds. The molecule has 0 saturated heterocycles. The molecule has 7 nitrogen and oxygen atoms in total. The van der Waals surface area contributed by atoms with Crippen molar-refractivity contribution in [3.63, 3.8) is 0 Å². The van der Waals surface area contributed by atoms with Gasteiger partial charge >= 0.3 is 0 Å². The lowest BCUT2D eigenvalue weighted by Gasteiger charge is -1.81. The highest BCUT2D eigenvalue weighted by atomic mass is 16.2. The lowest BCUT2D eigenvalue weighted by molar-refractivity contribution is 0.111. The van der Waals surface area contributed by atoms with E-state index in [2.05, 4.69) is 0 Å². The van der Waals surface area contributed by atoms with Crippen LogP contribution in [0.5, 0.6) is 0 Å². The third kappa shape index (κ3) is 42.4. The normalized spacial score (nSPS) is 7.23. The summed E-state index contributed by atoms with van der Waals surface area (Å²) in [5.41, 5.74) is 3.65. The number of hydrogen-bond donors (Lipinski definition) is 2. The van der Waals surface area contributed by atoms with Crippen LogP contribution < -0.4 is 0 Å². The second-order valence-corrected chi connectivity index (χ2v) is 7.64. The van der Waals surface area contributed by atoms with Crippen LogP contribution in [0, 0.1) is 0 Å². The Morgan fingerprint density at radius 2 is 0.346 bits per heavy atom. The van der Waals surface area contributed by atoms with E-state index in [9.17, 15) is 24.0 Å². The number of benzene rings is 5. The molecule has 0 unspecified atom stereocenters. The van der Waals surface area contributed by atoms with E-state index in [-0.39, 0.29) is 0 Å². The first-order valence-corrected chi connectivity index (χ1v) is 17.1. The molecule has 284 valence electrons. The van der Waals surface area contributed by atoms with Crippen LogP contribution in [-0.4, -0.2) is 55.9 Å². The van der Waals surface area contributed by atoms with Gasteiger partial charge in [0.1, 0.15) is 31.4 Å². The minimum absolute atomic E-state index is 0.729. The van der Waals surface area contributed by atoms with E-state index in [1.54, 1.807) is 60.7 Å². The first-order chi connectivity index (χ1) is 25.7. The molecule has 0 aliphatic carbocycles. The Bertz CT molecular complexity index is 1100. The van der Waals surface area contributed by atoms with Crippen LogP contribution in [0.3, 0.4) is 0 Å². The lowest BCUT2D eigenvalue weighted by Crippen LogP contribution is -1.73. The standard InChI is InChI=1S/5C7H6O.4C2H6.2CH4O/c5*8-6-7-4-2-1-3-5-7;6*1-2/h5*1-6H;4*1-2H3;2*2H,1H3. The summed E-state index contributed by atoms with van der Waals surface area (Å²) in [4.78, 5) is 50.0. The van der Waals surface area contributed by atoms with Crippen molar-refractivity contribution in [3.05, 3.63) is 179 Å². The van der Waals surface area contributed by atoms with Crippen molar-refractivity contribution in [1.29, 1.82) is 0 Å². The number of hydrogen-bond acceptors (Lipinski definition) is 7. The predicted molar refractivity (Wildman–Crippen MR) is 221 cm³/mol. The summed E-state index contributed by atoms with van der Waals surface area (Å²) in [5, 5.41) is 14.0. The summed E-state index contributed by atoms with van der Waals surface area (Å²) in [6.45, 7) is 16.0. The van der Waals surface area contributed by atoms with Gasteiger partial charge in [-0.2, -0.15) is 0 Å². The number of aliphatic hydroxyl groups excluding tert-OH is 2. The van der Waals surface area contributed by atoms with Gasteiger partial charge in [0.05, 0.1) is 0 Å². The molecule has 5 rings (SSSR count). The zero-order valence-corrected chi connectivity index (χ0v) is 32.8. The first-order valence-electron chi connectivity index (χ1n) is 17.1. The van der Waals surface area contributed by atoms with Gasteiger partial charge in [-0.05, 0) is 0 Å². The number of aliphatic hydroxyl groups is 2. The van der Waals surface area contributed by atoms with Crippen LogP contribution in [0.4, 0.5) is 0 Å². The SMILES string of the molecule is CC.CC.CC.CC.CO.CO.O=Cc1ccccc1.O=Cc1ccccc1.O=Cc1ccccc1.O=Cc1ccccc1.O=Cc1ccccc1. The summed E-state index contributed by atoms with van der Waals surface area (Å²) in [6.07, 6.45) is 4.17.